The van der Waals surface area contributed by atoms with E-state index in [1.807, 2.05) is 47.1 Å². The van der Waals surface area contributed by atoms with Gasteiger partial charge in [-0.2, -0.15) is 4.98 Å². The van der Waals surface area contributed by atoms with E-state index in [-0.39, 0.29) is 11.2 Å². The van der Waals surface area contributed by atoms with Gasteiger partial charge in [0.15, 0.2) is 17.3 Å². The van der Waals surface area contributed by atoms with Crippen LogP contribution >= 0.6 is 23.4 Å². The number of ether oxygens (including phenoxy) is 2. The summed E-state index contributed by atoms with van der Waals surface area (Å²) in [5.74, 6) is 2.84. The first-order valence-electron chi connectivity index (χ1n) is 12.0. The van der Waals surface area contributed by atoms with Gasteiger partial charge in [-0.15, -0.1) is 5.10 Å². The third-order valence-electron chi connectivity index (χ3n) is 6.37. The Bertz CT molecular complexity index is 1350. The van der Waals surface area contributed by atoms with Crippen LogP contribution < -0.4 is 14.8 Å². The van der Waals surface area contributed by atoms with Gasteiger partial charge in [0.05, 0.1) is 7.11 Å². The number of carbonyl (C=O) groups excluding carboxylic acids is 1. The molecule has 0 fully saturated rings. The van der Waals surface area contributed by atoms with E-state index in [4.69, 9.17) is 31.2 Å². The van der Waals surface area contributed by atoms with Crippen molar-refractivity contribution in [2.45, 2.75) is 51.4 Å². The average Bonchev–Trinajstić information content (AvgIpc) is 3.23. The van der Waals surface area contributed by atoms with Crippen LogP contribution in [0.4, 0.5) is 5.95 Å². The summed E-state index contributed by atoms with van der Waals surface area (Å²) >= 11 is 7.68. The Kier molecular flexibility index (Phi) is 6.74. The van der Waals surface area contributed by atoms with E-state index in [1.165, 1.54) is 0 Å². The van der Waals surface area contributed by atoms with E-state index in [1.54, 1.807) is 18.9 Å². The number of methoxy groups -OCH3 is 1. The highest BCUT2D eigenvalue weighted by Gasteiger charge is 2.42. The highest BCUT2D eigenvalue weighted by molar-refractivity contribution is 7.99. The lowest BCUT2D eigenvalue weighted by Crippen LogP contribution is -2.36. The fourth-order valence-corrected chi connectivity index (χ4v) is 5.62. The summed E-state index contributed by atoms with van der Waals surface area (Å²) < 4.78 is 13.6. The molecule has 1 unspecified atom stereocenters. The smallest absolute Gasteiger partial charge is 0.227 e. The van der Waals surface area contributed by atoms with Gasteiger partial charge in [0.25, 0.3) is 0 Å². The number of allylic oxidation sites excluding steroid dienone is 2. The molecule has 1 aromatic heterocycles. The highest BCUT2D eigenvalue weighted by Crippen LogP contribution is 2.46. The van der Waals surface area contributed by atoms with E-state index < -0.39 is 6.04 Å². The molecule has 7 nitrogen and oxygen atoms in total. The summed E-state index contributed by atoms with van der Waals surface area (Å²) in [6.45, 7) is 6.67. The lowest BCUT2D eigenvalue weighted by Gasteiger charge is -2.38. The molecule has 188 valence electrons. The van der Waals surface area contributed by atoms with E-state index in [0.29, 0.717) is 40.7 Å². The number of hydrogen-bond acceptors (Lipinski definition) is 7. The molecule has 9 heteroatoms. The van der Waals surface area contributed by atoms with Gasteiger partial charge in [-0.25, -0.2) is 4.68 Å². The van der Waals surface area contributed by atoms with Crippen molar-refractivity contribution in [1.29, 1.82) is 0 Å². The molecule has 0 saturated carbocycles. The van der Waals surface area contributed by atoms with E-state index >= 15 is 0 Å². The number of carbonyl (C=O) groups is 1. The maximum absolute atomic E-state index is 13.4. The van der Waals surface area contributed by atoms with Crippen molar-refractivity contribution in [2.75, 3.05) is 18.2 Å². The zero-order valence-electron chi connectivity index (χ0n) is 20.8. The summed E-state index contributed by atoms with van der Waals surface area (Å²) in [7, 11) is 1.61. The van der Waals surface area contributed by atoms with E-state index in [9.17, 15) is 4.79 Å². The number of aromatic nitrogens is 3. The van der Waals surface area contributed by atoms with Crippen molar-refractivity contribution in [3.8, 4) is 11.5 Å². The summed E-state index contributed by atoms with van der Waals surface area (Å²) in [5, 5.41) is 9.52. The van der Waals surface area contributed by atoms with Gasteiger partial charge < -0.3 is 14.8 Å². The Balaban J connectivity index is 1.53. The molecule has 2 heterocycles. The average molecular weight is 525 g/mol. The van der Waals surface area contributed by atoms with Gasteiger partial charge in [-0.3, -0.25) is 4.79 Å². The molecule has 0 radical (unpaired) electrons. The Labute approximate surface area is 220 Å². The zero-order chi connectivity index (χ0) is 25.4. The van der Waals surface area contributed by atoms with Gasteiger partial charge in [-0.05, 0) is 53.0 Å². The minimum Gasteiger partial charge on any atom is -0.493 e. The maximum atomic E-state index is 13.4. The molecule has 3 aromatic rings. The molecule has 2 aromatic carbocycles. The van der Waals surface area contributed by atoms with Gasteiger partial charge in [0.1, 0.15) is 12.6 Å². The summed E-state index contributed by atoms with van der Waals surface area (Å²) in [6, 6.07) is 13.0. The maximum Gasteiger partial charge on any atom is 0.227 e. The number of nitrogens with zero attached hydrogens (tertiary/aromatic N) is 3. The summed E-state index contributed by atoms with van der Waals surface area (Å²) in [6.07, 6.45) is 1.26. The van der Waals surface area contributed by atoms with Crippen molar-refractivity contribution in [3.05, 3.63) is 69.9 Å². The first-order chi connectivity index (χ1) is 17.3. The molecule has 0 saturated heterocycles. The van der Waals surface area contributed by atoms with Crippen molar-refractivity contribution in [2.24, 2.45) is 5.41 Å². The third-order valence-corrected chi connectivity index (χ3v) is 7.33. The lowest BCUT2D eigenvalue weighted by atomic mass is 9.73. The van der Waals surface area contributed by atoms with Crippen LogP contribution in [0.15, 0.2) is 58.9 Å². The predicted octanol–water partition coefficient (Wildman–Crippen LogP) is 6.29. The van der Waals surface area contributed by atoms with Crippen LogP contribution in [0.25, 0.3) is 0 Å². The topological polar surface area (TPSA) is 78.3 Å². The van der Waals surface area contributed by atoms with Crippen LogP contribution in [0.1, 0.15) is 50.8 Å². The molecule has 36 heavy (non-hydrogen) atoms. The monoisotopic (exact) mass is 524 g/mol. The van der Waals surface area contributed by atoms with Crippen LogP contribution in [-0.4, -0.2) is 33.4 Å². The number of thioether (sulfide) groups is 1. The standard InChI is InChI=1S/C27H29ClN4O3S/c1-5-36-26-30-25-29-19-13-27(2,3)14-20(33)23(19)24(32(25)31-26)17-9-10-21(22(12-17)34-4)35-15-16-7-6-8-18(28)11-16/h6-12,24H,5,13-15H2,1-4H3,(H,29,30,31). The molecule has 1 aliphatic carbocycles. The predicted molar refractivity (Wildman–Crippen MR) is 142 cm³/mol. The highest BCUT2D eigenvalue weighted by atomic mass is 35.5. The van der Waals surface area contributed by atoms with Crippen molar-refractivity contribution < 1.29 is 14.3 Å². The number of benzene rings is 2. The molecule has 2 aliphatic rings. The van der Waals surface area contributed by atoms with Gasteiger partial charge >= 0.3 is 0 Å². The van der Waals surface area contributed by atoms with Crippen molar-refractivity contribution in [1.82, 2.24) is 14.8 Å². The molecular formula is C27H29ClN4O3S. The minimum atomic E-state index is -0.394. The quantitative estimate of drug-likeness (QED) is 0.364. The number of ketones is 1. The number of anilines is 1. The van der Waals surface area contributed by atoms with Crippen LogP contribution in [0, 0.1) is 5.41 Å². The SMILES string of the molecule is CCSc1nc2n(n1)C(c1ccc(OCc3cccc(Cl)c3)c(OC)c1)C1=C(CC(C)(C)CC1=O)N2. The number of halogens is 1. The fraction of sp³-hybridized carbons (Fsp3) is 0.370. The summed E-state index contributed by atoms with van der Waals surface area (Å²) in [5.41, 5.74) is 3.41. The molecule has 0 amide bonds. The molecule has 0 bridgehead atoms. The first-order valence-corrected chi connectivity index (χ1v) is 13.3. The largest absolute Gasteiger partial charge is 0.493 e. The molecule has 1 atom stereocenters. The Morgan fingerprint density at radius 2 is 2.03 bits per heavy atom. The van der Waals surface area contributed by atoms with Gasteiger partial charge in [-0.1, -0.05) is 62.3 Å². The molecule has 1 N–H and O–H groups in total. The van der Waals surface area contributed by atoms with Crippen LogP contribution in [0.2, 0.25) is 5.02 Å². The molecular weight excluding hydrogens is 496 g/mol. The molecule has 0 spiro atoms. The fourth-order valence-electron chi connectivity index (χ4n) is 4.85. The second-order valence-electron chi connectivity index (χ2n) is 9.79. The van der Waals surface area contributed by atoms with E-state index in [0.717, 1.165) is 34.6 Å². The van der Waals surface area contributed by atoms with Crippen LogP contribution in [0.3, 0.4) is 0 Å². The first kappa shape index (κ1) is 24.7. The molecule has 1 aliphatic heterocycles. The van der Waals surface area contributed by atoms with Gasteiger partial charge in [0.2, 0.25) is 11.1 Å². The van der Waals surface area contributed by atoms with Gasteiger partial charge in [0, 0.05) is 22.7 Å². The Morgan fingerprint density at radius 1 is 1.19 bits per heavy atom. The third kappa shape index (κ3) is 4.84. The van der Waals surface area contributed by atoms with Crippen molar-refractivity contribution in [3.63, 3.8) is 0 Å². The number of rotatable bonds is 7. The Hall–Kier alpha value is -2.97. The van der Waals surface area contributed by atoms with Crippen molar-refractivity contribution >= 4 is 35.1 Å². The van der Waals surface area contributed by atoms with Crippen LogP contribution in [-0.2, 0) is 11.4 Å². The normalized spacial score (nSPS) is 18.4. The lowest BCUT2D eigenvalue weighted by molar-refractivity contribution is -0.118. The summed E-state index contributed by atoms with van der Waals surface area (Å²) in [4.78, 5) is 18.1. The minimum absolute atomic E-state index is 0.119. The number of nitrogens with one attached hydrogen (secondary N) is 1. The number of fused-ring (bicyclic) bond motifs is 1. The van der Waals surface area contributed by atoms with Crippen LogP contribution in [0.5, 0.6) is 11.5 Å². The Morgan fingerprint density at radius 3 is 2.78 bits per heavy atom. The zero-order valence-corrected chi connectivity index (χ0v) is 22.4. The second-order valence-corrected chi connectivity index (χ2v) is 11.5. The molecule has 5 rings (SSSR count). The number of Topliss-reactive ketones (excluding diaryl/α,β-unsaturated/α-hetero) is 1. The second kappa shape index (κ2) is 9.82. The number of hydrogen-bond donors (Lipinski definition) is 1. The van der Waals surface area contributed by atoms with E-state index in [2.05, 4.69) is 26.1 Å².